The van der Waals surface area contributed by atoms with E-state index in [0.29, 0.717) is 0 Å². The maximum atomic E-state index is 5.92. The molecule has 5 heteroatoms. The summed E-state index contributed by atoms with van der Waals surface area (Å²) in [5, 5.41) is 3.48. The quantitative estimate of drug-likeness (QED) is 0.770. The van der Waals surface area contributed by atoms with Gasteiger partial charge < -0.3 is 20.9 Å². The van der Waals surface area contributed by atoms with Crippen LogP contribution in [-0.4, -0.2) is 36.8 Å². The SMILES string of the molecule is CCC(C)=C/C(CC)=C1/N=C(N(C)C)C=C(Nc2cccc(N)c2)N1C. The van der Waals surface area contributed by atoms with Crippen molar-refractivity contribution in [2.75, 3.05) is 32.2 Å². The second-order valence-electron chi connectivity index (χ2n) is 6.75. The molecule has 0 spiro atoms. The number of nitrogen functional groups attached to an aromatic ring is 1. The zero-order chi connectivity index (χ0) is 19.3. The molecule has 1 aliphatic rings. The molecular formula is C21H31N5. The number of anilines is 2. The maximum absolute atomic E-state index is 5.92. The predicted octanol–water partition coefficient (Wildman–Crippen LogP) is 4.41. The molecule has 1 aliphatic heterocycles. The van der Waals surface area contributed by atoms with E-state index in [1.54, 1.807) is 0 Å². The fourth-order valence-electron chi connectivity index (χ4n) is 2.67. The van der Waals surface area contributed by atoms with E-state index in [2.05, 4.69) is 43.1 Å². The lowest BCUT2D eigenvalue weighted by molar-refractivity contribution is 0.495. The topological polar surface area (TPSA) is 56.9 Å². The molecule has 140 valence electrons. The number of nitrogens with zero attached hydrogens (tertiary/aromatic N) is 3. The van der Waals surface area contributed by atoms with Gasteiger partial charge in [0.05, 0.1) is 0 Å². The first-order valence-corrected chi connectivity index (χ1v) is 9.10. The lowest BCUT2D eigenvalue weighted by atomic mass is 10.1. The fourth-order valence-corrected chi connectivity index (χ4v) is 2.67. The van der Waals surface area contributed by atoms with Gasteiger partial charge in [-0.1, -0.05) is 31.6 Å². The number of amidine groups is 1. The molecule has 0 aromatic heterocycles. The van der Waals surface area contributed by atoms with Crippen molar-refractivity contribution in [2.45, 2.75) is 33.6 Å². The number of hydrogen-bond donors (Lipinski definition) is 2. The van der Waals surface area contributed by atoms with Gasteiger partial charge >= 0.3 is 0 Å². The molecule has 1 heterocycles. The van der Waals surface area contributed by atoms with Gasteiger partial charge in [-0.3, -0.25) is 0 Å². The molecule has 0 radical (unpaired) electrons. The number of nitrogens with two attached hydrogens (primary N) is 1. The Balaban J connectivity index is 2.48. The van der Waals surface area contributed by atoms with Crippen molar-refractivity contribution in [3.05, 3.63) is 59.2 Å². The first kappa shape index (κ1) is 19.6. The Hall–Kier alpha value is -2.69. The molecule has 0 saturated carbocycles. The largest absolute Gasteiger partial charge is 0.399 e. The Morgan fingerprint density at radius 2 is 2.00 bits per heavy atom. The molecule has 1 aromatic rings. The highest BCUT2D eigenvalue weighted by Crippen LogP contribution is 2.26. The zero-order valence-electron chi connectivity index (χ0n) is 16.8. The molecule has 0 saturated heterocycles. The molecule has 0 atom stereocenters. The Bertz CT molecular complexity index is 768. The van der Waals surface area contributed by atoms with Crippen molar-refractivity contribution < 1.29 is 0 Å². The Morgan fingerprint density at radius 1 is 1.27 bits per heavy atom. The van der Waals surface area contributed by atoms with E-state index in [9.17, 15) is 0 Å². The summed E-state index contributed by atoms with van der Waals surface area (Å²) in [5.74, 6) is 2.86. The molecule has 0 bridgehead atoms. The van der Waals surface area contributed by atoms with Gasteiger partial charge in [0.2, 0.25) is 0 Å². The van der Waals surface area contributed by atoms with E-state index in [1.807, 2.05) is 50.3 Å². The number of benzene rings is 1. The summed E-state index contributed by atoms with van der Waals surface area (Å²) >= 11 is 0. The average molecular weight is 354 g/mol. The van der Waals surface area contributed by atoms with Crippen LogP contribution in [0.5, 0.6) is 0 Å². The second-order valence-corrected chi connectivity index (χ2v) is 6.75. The van der Waals surface area contributed by atoms with Crippen LogP contribution >= 0.6 is 0 Å². The van der Waals surface area contributed by atoms with Crippen LogP contribution in [0, 0.1) is 0 Å². The summed E-state index contributed by atoms with van der Waals surface area (Å²) in [6, 6.07) is 7.78. The molecule has 26 heavy (non-hydrogen) atoms. The highest BCUT2D eigenvalue weighted by atomic mass is 15.3. The molecule has 3 N–H and O–H groups in total. The van der Waals surface area contributed by atoms with Crippen LogP contribution in [0.1, 0.15) is 33.6 Å². The van der Waals surface area contributed by atoms with Crippen molar-refractivity contribution in [3.63, 3.8) is 0 Å². The zero-order valence-corrected chi connectivity index (χ0v) is 16.8. The lowest BCUT2D eigenvalue weighted by Crippen LogP contribution is -2.32. The van der Waals surface area contributed by atoms with Crippen LogP contribution in [-0.2, 0) is 0 Å². The Morgan fingerprint density at radius 3 is 2.58 bits per heavy atom. The van der Waals surface area contributed by atoms with Gasteiger partial charge in [0, 0.05) is 38.6 Å². The van der Waals surface area contributed by atoms with Crippen LogP contribution < -0.4 is 11.1 Å². The second kappa shape index (κ2) is 8.61. The summed E-state index contributed by atoms with van der Waals surface area (Å²) in [7, 11) is 6.06. The van der Waals surface area contributed by atoms with Gasteiger partial charge in [-0.05, 0) is 43.5 Å². The summed E-state index contributed by atoms with van der Waals surface area (Å²) in [4.78, 5) is 9.02. The van der Waals surface area contributed by atoms with Gasteiger partial charge in [0.25, 0.3) is 0 Å². The van der Waals surface area contributed by atoms with Crippen LogP contribution in [0.3, 0.4) is 0 Å². The normalized spacial score (nSPS) is 16.8. The third-order valence-electron chi connectivity index (χ3n) is 4.43. The summed E-state index contributed by atoms with van der Waals surface area (Å²) in [5.41, 5.74) is 10.2. The van der Waals surface area contributed by atoms with Crippen LogP contribution in [0.2, 0.25) is 0 Å². The first-order valence-electron chi connectivity index (χ1n) is 9.10. The van der Waals surface area contributed by atoms with Crippen LogP contribution in [0.25, 0.3) is 0 Å². The van der Waals surface area contributed by atoms with Gasteiger partial charge in [0.15, 0.2) is 0 Å². The third kappa shape index (κ3) is 4.69. The Labute approximate surface area is 157 Å². The minimum absolute atomic E-state index is 0.738. The van der Waals surface area contributed by atoms with Crippen LogP contribution in [0.4, 0.5) is 11.4 Å². The average Bonchev–Trinajstić information content (AvgIpc) is 2.61. The molecule has 0 amide bonds. The Kier molecular flexibility index (Phi) is 6.50. The molecular weight excluding hydrogens is 322 g/mol. The van der Waals surface area contributed by atoms with Crippen molar-refractivity contribution in [1.29, 1.82) is 0 Å². The standard InChI is InChI=1S/C21H31N5/c1-7-15(3)12-16(8-2)21-24-19(25(4)5)14-20(26(21)6)23-18-11-9-10-17(22)13-18/h9-14,23H,7-8,22H2,1-6H3/b15-12?,21-16-. The van der Waals surface area contributed by atoms with Gasteiger partial charge in [0.1, 0.15) is 17.5 Å². The van der Waals surface area contributed by atoms with E-state index in [0.717, 1.165) is 41.7 Å². The van der Waals surface area contributed by atoms with Gasteiger partial charge in [-0.15, -0.1) is 0 Å². The highest BCUT2D eigenvalue weighted by Gasteiger charge is 2.20. The van der Waals surface area contributed by atoms with E-state index in [-0.39, 0.29) is 0 Å². The van der Waals surface area contributed by atoms with Crippen molar-refractivity contribution in [3.8, 4) is 0 Å². The summed E-state index contributed by atoms with van der Waals surface area (Å²) < 4.78 is 0. The number of aliphatic imine (C=N–C) groups is 1. The molecule has 0 aliphatic carbocycles. The number of rotatable bonds is 5. The van der Waals surface area contributed by atoms with Crippen molar-refractivity contribution >= 4 is 17.2 Å². The molecule has 5 nitrogen and oxygen atoms in total. The smallest absolute Gasteiger partial charge is 0.139 e. The number of hydrogen-bond acceptors (Lipinski definition) is 5. The number of likely N-dealkylation sites (N-methyl/N-ethyl adjacent to an activating group) is 1. The number of nitrogens with one attached hydrogen (secondary N) is 1. The van der Waals surface area contributed by atoms with Crippen molar-refractivity contribution in [2.24, 2.45) is 4.99 Å². The molecule has 2 rings (SSSR count). The van der Waals surface area contributed by atoms with Gasteiger partial charge in [-0.25, -0.2) is 4.99 Å². The number of allylic oxidation sites excluding steroid dienone is 3. The molecule has 0 unspecified atom stereocenters. The predicted molar refractivity (Wildman–Crippen MR) is 113 cm³/mol. The monoisotopic (exact) mass is 353 g/mol. The first-order chi connectivity index (χ1) is 12.3. The summed E-state index contributed by atoms with van der Waals surface area (Å²) in [6.07, 6.45) is 6.27. The minimum Gasteiger partial charge on any atom is -0.399 e. The maximum Gasteiger partial charge on any atom is 0.139 e. The molecule has 1 aromatic carbocycles. The van der Waals surface area contributed by atoms with E-state index < -0.39 is 0 Å². The molecule has 0 fully saturated rings. The van der Waals surface area contributed by atoms with Gasteiger partial charge in [-0.2, -0.15) is 0 Å². The van der Waals surface area contributed by atoms with E-state index in [1.165, 1.54) is 11.1 Å². The van der Waals surface area contributed by atoms with E-state index in [4.69, 9.17) is 10.7 Å². The van der Waals surface area contributed by atoms with E-state index >= 15 is 0 Å². The summed E-state index contributed by atoms with van der Waals surface area (Å²) in [6.45, 7) is 6.51. The van der Waals surface area contributed by atoms with Crippen LogP contribution in [0.15, 0.2) is 64.2 Å². The van der Waals surface area contributed by atoms with Crippen molar-refractivity contribution in [1.82, 2.24) is 9.80 Å². The minimum atomic E-state index is 0.738. The fraction of sp³-hybridized carbons (Fsp3) is 0.381. The highest BCUT2D eigenvalue weighted by molar-refractivity contribution is 5.95. The lowest BCUT2D eigenvalue weighted by Gasteiger charge is -2.31. The third-order valence-corrected chi connectivity index (χ3v) is 4.43.